The topological polar surface area (TPSA) is 26.3 Å². The summed E-state index contributed by atoms with van der Waals surface area (Å²) in [5.41, 5.74) is 0. The van der Waals surface area contributed by atoms with Crippen molar-refractivity contribution in [3.8, 4) is 0 Å². The number of rotatable bonds is 17. The molecule has 144 valence electrons. The van der Waals surface area contributed by atoms with Gasteiger partial charge in [-0.15, -0.1) is 0 Å². The van der Waals surface area contributed by atoms with Crippen molar-refractivity contribution in [1.29, 1.82) is 0 Å². The predicted molar refractivity (Wildman–Crippen MR) is 105 cm³/mol. The van der Waals surface area contributed by atoms with Gasteiger partial charge in [-0.3, -0.25) is 4.79 Å². The first-order valence-corrected chi connectivity index (χ1v) is 10.8. The summed E-state index contributed by atoms with van der Waals surface area (Å²) >= 11 is 0. The molecule has 0 saturated carbocycles. The summed E-state index contributed by atoms with van der Waals surface area (Å²) in [5.74, 6) is 0.774. The van der Waals surface area contributed by atoms with Crippen LogP contribution in [-0.2, 0) is 9.53 Å². The molecule has 0 bridgehead atoms. The molecule has 0 fully saturated rings. The van der Waals surface area contributed by atoms with Gasteiger partial charge in [-0.05, 0) is 32.1 Å². The Hall–Kier alpha value is -0.530. The average Bonchev–Trinajstić information content (AvgIpc) is 2.52. The summed E-state index contributed by atoms with van der Waals surface area (Å²) in [6.07, 6.45) is 18.4. The van der Waals surface area contributed by atoms with Crippen LogP contribution in [0.25, 0.3) is 0 Å². The van der Waals surface area contributed by atoms with E-state index in [1.54, 1.807) is 0 Å². The maximum Gasteiger partial charge on any atom is 0.306 e. The third kappa shape index (κ3) is 17.8. The summed E-state index contributed by atoms with van der Waals surface area (Å²) < 4.78 is 5.51. The van der Waals surface area contributed by atoms with Crippen LogP contribution in [0.5, 0.6) is 0 Å². The Bertz CT molecular complexity index is 273. The standard InChI is InChI=1S/C22H44O2/c1-5-6-7-8-9-10-11-12-15-18-21(4)24-22(23)19-16-13-14-17-20(2)3/h20-21H,5-19H2,1-4H3. The first kappa shape index (κ1) is 23.5. The van der Waals surface area contributed by atoms with E-state index in [1.165, 1.54) is 70.6 Å². The van der Waals surface area contributed by atoms with E-state index >= 15 is 0 Å². The maximum absolute atomic E-state index is 11.8. The fraction of sp³-hybridized carbons (Fsp3) is 0.955. The smallest absolute Gasteiger partial charge is 0.306 e. The van der Waals surface area contributed by atoms with Gasteiger partial charge in [0.05, 0.1) is 6.10 Å². The van der Waals surface area contributed by atoms with E-state index in [2.05, 4.69) is 20.8 Å². The van der Waals surface area contributed by atoms with E-state index < -0.39 is 0 Å². The quantitative estimate of drug-likeness (QED) is 0.203. The van der Waals surface area contributed by atoms with E-state index in [0.717, 1.165) is 25.2 Å². The van der Waals surface area contributed by atoms with Crippen molar-refractivity contribution >= 4 is 5.97 Å². The molecule has 1 unspecified atom stereocenters. The van der Waals surface area contributed by atoms with Crippen LogP contribution in [0.3, 0.4) is 0 Å². The van der Waals surface area contributed by atoms with Crippen molar-refractivity contribution < 1.29 is 9.53 Å². The molecule has 0 aliphatic heterocycles. The zero-order chi connectivity index (χ0) is 18.0. The lowest BCUT2D eigenvalue weighted by Crippen LogP contribution is -2.14. The van der Waals surface area contributed by atoms with E-state index in [0.29, 0.717) is 6.42 Å². The van der Waals surface area contributed by atoms with Crippen LogP contribution >= 0.6 is 0 Å². The monoisotopic (exact) mass is 340 g/mol. The molecule has 0 amide bonds. The molecule has 24 heavy (non-hydrogen) atoms. The Morgan fingerprint density at radius 3 is 1.79 bits per heavy atom. The zero-order valence-corrected chi connectivity index (χ0v) is 17.1. The van der Waals surface area contributed by atoms with E-state index in [9.17, 15) is 4.79 Å². The van der Waals surface area contributed by atoms with Crippen LogP contribution in [-0.4, -0.2) is 12.1 Å². The first-order chi connectivity index (χ1) is 11.6. The fourth-order valence-corrected chi connectivity index (χ4v) is 3.08. The van der Waals surface area contributed by atoms with Gasteiger partial charge >= 0.3 is 5.97 Å². The lowest BCUT2D eigenvalue weighted by molar-refractivity contribution is -0.148. The van der Waals surface area contributed by atoms with Gasteiger partial charge in [-0.1, -0.05) is 91.4 Å². The van der Waals surface area contributed by atoms with Gasteiger partial charge in [-0.2, -0.15) is 0 Å². The van der Waals surface area contributed by atoms with E-state index in [4.69, 9.17) is 4.74 Å². The van der Waals surface area contributed by atoms with Crippen LogP contribution in [0.4, 0.5) is 0 Å². The second kappa shape index (κ2) is 17.3. The number of hydrogen-bond donors (Lipinski definition) is 0. The highest BCUT2D eigenvalue weighted by Crippen LogP contribution is 2.14. The molecule has 2 heteroatoms. The molecule has 0 spiro atoms. The minimum Gasteiger partial charge on any atom is -0.463 e. The normalized spacial score (nSPS) is 12.5. The van der Waals surface area contributed by atoms with Crippen LogP contribution in [0.1, 0.15) is 124 Å². The minimum atomic E-state index is 0.00275. The molecule has 0 aromatic heterocycles. The Morgan fingerprint density at radius 2 is 1.21 bits per heavy atom. The molecule has 0 radical (unpaired) electrons. The minimum absolute atomic E-state index is 0.00275. The number of carbonyl (C=O) groups excluding carboxylic acids is 1. The summed E-state index contributed by atoms with van der Waals surface area (Å²) in [6, 6.07) is 0. The zero-order valence-electron chi connectivity index (χ0n) is 17.1. The van der Waals surface area contributed by atoms with Crippen molar-refractivity contribution in [2.45, 2.75) is 130 Å². The summed E-state index contributed by atoms with van der Waals surface area (Å²) in [4.78, 5) is 11.8. The molecule has 0 aliphatic carbocycles. The molecule has 0 saturated heterocycles. The number of hydrogen-bond acceptors (Lipinski definition) is 2. The summed E-state index contributed by atoms with van der Waals surface area (Å²) in [6.45, 7) is 8.81. The van der Waals surface area contributed by atoms with Crippen molar-refractivity contribution in [3.05, 3.63) is 0 Å². The van der Waals surface area contributed by atoms with E-state index in [1.807, 2.05) is 6.92 Å². The number of ether oxygens (including phenoxy) is 1. The summed E-state index contributed by atoms with van der Waals surface area (Å²) in [7, 11) is 0. The Morgan fingerprint density at radius 1 is 0.708 bits per heavy atom. The lowest BCUT2D eigenvalue weighted by Gasteiger charge is -2.13. The largest absolute Gasteiger partial charge is 0.463 e. The van der Waals surface area contributed by atoms with Gasteiger partial charge < -0.3 is 4.74 Å². The number of carbonyl (C=O) groups is 1. The molecular formula is C22H44O2. The van der Waals surface area contributed by atoms with Gasteiger partial charge in [0, 0.05) is 6.42 Å². The first-order valence-electron chi connectivity index (χ1n) is 10.8. The average molecular weight is 341 g/mol. The van der Waals surface area contributed by atoms with Crippen LogP contribution < -0.4 is 0 Å². The molecule has 0 rings (SSSR count). The molecule has 2 nitrogen and oxygen atoms in total. The molecule has 1 atom stereocenters. The highest BCUT2D eigenvalue weighted by Gasteiger charge is 2.09. The molecule has 0 aromatic rings. The van der Waals surface area contributed by atoms with Crippen LogP contribution in [0.15, 0.2) is 0 Å². The van der Waals surface area contributed by atoms with E-state index in [-0.39, 0.29) is 12.1 Å². The van der Waals surface area contributed by atoms with Crippen molar-refractivity contribution in [2.24, 2.45) is 5.92 Å². The highest BCUT2D eigenvalue weighted by atomic mass is 16.5. The molecule has 0 aromatic carbocycles. The number of unbranched alkanes of at least 4 members (excludes halogenated alkanes) is 10. The van der Waals surface area contributed by atoms with Gasteiger partial charge in [-0.25, -0.2) is 0 Å². The van der Waals surface area contributed by atoms with Gasteiger partial charge in [0.15, 0.2) is 0 Å². The third-order valence-electron chi connectivity index (χ3n) is 4.71. The second-order valence-corrected chi connectivity index (χ2v) is 7.91. The van der Waals surface area contributed by atoms with Crippen LogP contribution in [0, 0.1) is 5.92 Å². The Kier molecular flexibility index (Phi) is 16.9. The lowest BCUT2D eigenvalue weighted by atomic mass is 10.0. The van der Waals surface area contributed by atoms with Crippen molar-refractivity contribution in [1.82, 2.24) is 0 Å². The molecule has 0 N–H and O–H groups in total. The predicted octanol–water partition coefficient (Wildman–Crippen LogP) is 7.45. The Balaban J connectivity index is 3.35. The molecule has 0 heterocycles. The molecular weight excluding hydrogens is 296 g/mol. The highest BCUT2D eigenvalue weighted by molar-refractivity contribution is 5.69. The summed E-state index contributed by atoms with van der Waals surface area (Å²) in [5, 5.41) is 0. The molecule has 0 aliphatic rings. The second-order valence-electron chi connectivity index (χ2n) is 7.91. The van der Waals surface area contributed by atoms with Gasteiger partial charge in [0.1, 0.15) is 0 Å². The fourth-order valence-electron chi connectivity index (χ4n) is 3.08. The van der Waals surface area contributed by atoms with Crippen LogP contribution in [0.2, 0.25) is 0 Å². The third-order valence-corrected chi connectivity index (χ3v) is 4.71. The SMILES string of the molecule is CCCCCCCCCCCC(C)OC(=O)CCCCCC(C)C. The Labute approximate surface area is 152 Å². The van der Waals surface area contributed by atoms with Crippen molar-refractivity contribution in [2.75, 3.05) is 0 Å². The van der Waals surface area contributed by atoms with Gasteiger partial charge in [0.25, 0.3) is 0 Å². The van der Waals surface area contributed by atoms with Crippen molar-refractivity contribution in [3.63, 3.8) is 0 Å². The number of esters is 1. The maximum atomic E-state index is 11.8. The van der Waals surface area contributed by atoms with Gasteiger partial charge in [0.2, 0.25) is 0 Å².